The van der Waals surface area contributed by atoms with Crippen LogP contribution in [0.2, 0.25) is 0 Å². The van der Waals surface area contributed by atoms with E-state index in [1.54, 1.807) is 32.4 Å². The van der Waals surface area contributed by atoms with Gasteiger partial charge in [0.1, 0.15) is 11.6 Å². The number of hydrogen-bond acceptors (Lipinski definition) is 5. The molecule has 0 saturated carbocycles. The fourth-order valence-corrected chi connectivity index (χ4v) is 4.20. The molecule has 0 radical (unpaired) electrons. The van der Waals surface area contributed by atoms with Crippen LogP contribution >= 0.6 is 0 Å². The standard InChI is InChI=1S/C29H33N3O4/c1-21-9-8-10-23(19-21)36-18-7-6-17-32-25-12-5-4-11-24(25)31-28(32)15-16-30-29(33)22-13-14-26(34-2)27(20-22)35-3/h4-5,8-14,19-20H,6-7,15-18H2,1-3H3,(H,30,33). The van der Waals surface area contributed by atoms with Crippen LogP contribution in [-0.2, 0) is 13.0 Å². The number of unbranched alkanes of at least 4 members (excludes halogenated alkanes) is 1. The fourth-order valence-electron chi connectivity index (χ4n) is 4.20. The van der Waals surface area contributed by atoms with Crippen LogP contribution in [0.25, 0.3) is 11.0 Å². The number of amides is 1. The van der Waals surface area contributed by atoms with Crippen LogP contribution in [0.15, 0.2) is 66.7 Å². The van der Waals surface area contributed by atoms with Crippen molar-refractivity contribution >= 4 is 16.9 Å². The third-order valence-corrected chi connectivity index (χ3v) is 6.05. The highest BCUT2D eigenvalue weighted by atomic mass is 16.5. The third kappa shape index (κ3) is 6.16. The average molecular weight is 488 g/mol. The lowest BCUT2D eigenvalue weighted by molar-refractivity contribution is 0.0953. The van der Waals surface area contributed by atoms with Crippen LogP contribution in [0.4, 0.5) is 0 Å². The highest BCUT2D eigenvalue weighted by Gasteiger charge is 2.13. The SMILES string of the molecule is COc1ccc(C(=O)NCCc2nc3ccccc3n2CCCCOc2cccc(C)c2)cc1OC. The van der Waals surface area contributed by atoms with Gasteiger partial charge in [-0.05, 0) is 67.8 Å². The zero-order valence-electron chi connectivity index (χ0n) is 21.1. The van der Waals surface area contributed by atoms with Crippen molar-refractivity contribution in [2.24, 2.45) is 0 Å². The summed E-state index contributed by atoms with van der Waals surface area (Å²) < 4.78 is 18.7. The second-order valence-corrected chi connectivity index (χ2v) is 8.62. The summed E-state index contributed by atoms with van der Waals surface area (Å²) in [5.74, 6) is 2.83. The van der Waals surface area contributed by atoms with E-state index in [1.807, 2.05) is 30.3 Å². The summed E-state index contributed by atoms with van der Waals surface area (Å²) >= 11 is 0. The molecule has 1 aromatic heterocycles. The van der Waals surface area contributed by atoms with Crippen molar-refractivity contribution in [3.05, 3.63) is 83.7 Å². The Balaban J connectivity index is 1.34. The van der Waals surface area contributed by atoms with Gasteiger partial charge in [0.2, 0.25) is 0 Å². The van der Waals surface area contributed by atoms with Crippen LogP contribution in [0.5, 0.6) is 17.2 Å². The van der Waals surface area contributed by atoms with E-state index in [2.05, 4.69) is 35.0 Å². The Morgan fingerprint density at radius 3 is 2.58 bits per heavy atom. The van der Waals surface area contributed by atoms with Crippen LogP contribution in [-0.4, -0.2) is 42.8 Å². The van der Waals surface area contributed by atoms with Crippen molar-refractivity contribution in [1.29, 1.82) is 0 Å². The second-order valence-electron chi connectivity index (χ2n) is 8.62. The molecule has 0 atom stereocenters. The molecule has 3 aromatic carbocycles. The van der Waals surface area contributed by atoms with Crippen molar-refractivity contribution in [3.63, 3.8) is 0 Å². The number of aromatic nitrogens is 2. The molecule has 4 aromatic rings. The van der Waals surface area contributed by atoms with Gasteiger partial charge in [-0.15, -0.1) is 0 Å². The van der Waals surface area contributed by atoms with Gasteiger partial charge in [0.15, 0.2) is 11.5 Å². The van der Waals surface area contributed by atoms with Gasteiger partial charge in [0, 0.05) is 25.1 Å². The van der Waals surface area contributed by atoms with Crippen molar-refractivity contribution in [2.45, 2.75) is 32.7 Å². The number of para-hydroxylation sites is 2. The molecule has 7 heteroatoms. The van der Waals surface area contributed by atoms with E-state index in [-0.39, 0.29) is 5.91 Å². The second kappa shape index (κ2) is 12.1. The molecule has 188 valence electrons. The molecule has 0 aliphatic carbocycles. The minimum atomic E-state index is -0.160. The zero-order chi connectivity index (χ0) is 25.3. The first-order valence-electron chi connectivity index (χ1n) is 12.2. The predicted octanol–water partition coefficient (Wildman–Crippen LogP) is 5.19. The van der Waals surface area contributed by atoms with Gasteiger partial charge < -0.3 is 24.1 Å². The molecule has 0 unspecified atom stereocenters. The molecule has 0 spiro atoms. The predicted molar refractivity (Wildman–Crippen MR) is 141 cm³/mol. The van der Waals surface area contributed by atoms with E-state index < -0.39 is 0 Å². The number of hydrogen-bond donors (Lipinski definition) is 1. The minimum absolute atomic E-state index is 0.160. The number of rotatable bonds is 12. The highest BCUT2D eigenvalue weighted by molar-refractivity contribution is 5.94. The number of carbonyl (C=O) groups is 1. The summed E-state index contributed by atoms with van der Waals surface area (Å²) in [5.41, 5.74) is 3.79. The number of imidazole rings is 1. The average Bonchev–Trinajstić information content (AvgIpc) is 3.25. The fraction of sp³-hybridized carbons (Fsp3) is 0.310. The van der Waals surface area contributed by atoms with E-state index >= 15 is 0 Å². The largest absolute Gasteiger partial charge is 0.494 e. The molecule has 0 aliphatic rings. The molecular formula is C29H33N3O4. The number of aryl methyl sites for hydroxylation is 2. The Morgan fingerprint density at radius 1 is 0.944 bits per heavy atom. The number of nitrogens with one attached hydrogen (secondary N) is 1. The molecule has 0 bridgehead atoms. The molecule has 1 heterocycles. The maximum absolute atomic E-state index is 12.7. The monoisotopic (exact) mass is 487 g/mol. The molecule has 0 saturated heterocycles. The summed E-state index contributed by atoms with van der Waals surface area (Å²) in [6, 6.07) is 21.4. The van der Waals surface area contributed by atoms with Crippen LogP contribution in [0.3, 0.4) is 0 Å². The summed E-state index contributed by atoms with van der Waals surface area (Å²) in [7, 11) is 3.12. The van der Waals surface area contributed by atoms with Gasteiger partial charge in [0.05, 0.1) is 31.9 Å². The first-order chi connectivity index (χ1) is 17.6. The Hall–Kier alpha value is -4.00. The van der Waals surface area contributed by atoms with E-state index in [1.165, 1.54) is 5.56 Å². The van der Waals surface area contributed by atoms with Gasteiger partial charge in [-0.1, -0.05) is 24.3 Å². The van der Waals surface area contributed by atoms with Crippen molar-refractivity contribution < 1.29 is 19.0 Å². The topological polar surface area (TPSA) is 74.6 Å². The Kier molecular flexibility index (Phi) is 8.44. The first kappa shape index (κ1) is 25.1. The number of fused-ring (bicyclic) bond motifs is 1. The molecule has 1 amide bonds. The smallest absolute Gasteiger partial charge is 0.251 e. The first-order valence-corrected chi connectivity index (χ1v) is 12.2. The highest BCUT2D eigenvalue weighted by Crippen LogP contribution is 2.27. The van der Waals surface area contributed by atoms with Crippen molar-refractivity contribution in [1.82, 2.24) is 14.9 Å². The van der Waals surface area contributed by atoms with Gasteiger partial charge in [0.25, 0.3) is 5.91 Å². The Bertz CT molecular complexity index is 1320. The number of benzene rings is 3. The van der Waals surface area contributed by atoms with Crippen molar-refractivity contribution in [2.75, 3.05) is 27.4 Å². The van der Waals surface area contributed by atoms with Gasteiger partial charge >= 0.3 is 0 Å². The van der Waals surface area contributed by atoms with E-state index in [0.29, 0.717) is 36.6 Å². The lowest BCUT2D eigenvalue weighted by Crippen LogP contribution is -2.26. The van der Waals surface area contributed by atoms with Crippen molar-refractivity contribution in [3.8, 4) is 17.2 Å². The summed E-state index contributed by atoms with van der Waals surface area (Å²) in [6.45, 7) is 4.06. The number of carbonyl (C=O) groups excluding carboxylic acids is 1. The summed E-state index contributed by atoms with van der Waals surface area (Å²) in [5, 5.41) is 3.00. The molecule has 7 nitrogen and oxygen atoms in total. The van der Waals surface area contributed by atoms with E-state index in [0.717, 1.165) is 42.0 Å². The van der Waals surface area contributed by atoms with Gasteiger partial charge in [-0.2, -0.15) is 0 Å². The third-order valence-electron chi connectivity index (χ3n) is 6.05. The molecule has 36 heavy (non-hydrogen) atoms. The summed E-state index contributed by atoms with van der Waals surface area (Å²) in [4.78, 5) is 17.5. The quantitative estimate of drug-likeness (QED) is 0.278. The molecular weight excluding hydrogens is 454 g/mol. The molecule has 0 aliphatic heterocycles. The lowest BCUT2D eigenvalue weighted by atomic mass is 10.2. The van der Waals surface area contributed by atoms with E-state index in [9.17, 15) is 4.79 Å². The van der Waals surface area contributed by atoms with Gasteiger partial charge in [-0.3, -0.25) is 4.79 Å². The van der Waals surface area contributed by atoms with Crippen LogP contribution in [0, 0.1) is 6.92 Å². The van der Waals surface area contributed by atoms with Crippen LogP contribution in [0.1, 0.15) is 34.6 Å². The maximum Gasteiger partial charge on any atom is 0.251 e. The van der Waals surface area contributed by atoms with Crippen LogP contribution < -0.4 is 19.5 Å². The Morgan fingerprint density at radius 2 is 1.78 bits per heavy atom. The number of nitrogens with zero attached hydrogens (tertiary/aromatic N) is 2. The molecule has 4 rings (SSSR count). The minimum Gasteiger partial charge on any atom is -0.494 e. The maximum atomic E-state index is 12.7. The zero-order valence-corrected chi connectivity index (χ0v) is 21.1. The molecule has 0 fully saturated rings. The number of ether oxygens (including phenoxy) is 3. The van der Waals surface area contributed by atoms with Gasteiger partial charge in [-0.25, -0.2) is 4.98 Å². The Labute approximate surface area is 212 Å². The summed E-state index contributed by atoms with van der Waals surface area (Å²) in [6.07, 6.45) is 2.54. The lowest BCUT2D eigenvalue weighted by Gasteiger charge is -2.12. The normalized spacial score (nSPS) is 10.9. The molecule has 1 N–H and O–H groups in total. The van der Waals surface area contributed by atoms with E-state index in [4.69, 9.17) is 19.2 Å². The number of methoxy groups -OCH3 is 2.